The molecule has 2 aromatic rings. The van der Waals surface area contributed by atoms with Gasteiger partial charge in [-0.05, 0) is 38.2 Å². The van der Waals surface area contributed by atoms with Crippen LogP contribution in [0.25, 0.3) is 0 Å². The van der Waals surface area contributed by atoms with Crippen LogP contribution in [0.3, 0.4) is 0 Å². The Labute approximate surface area is 139 Å². The van der Waals surface area contributed by atoms with Crippen molar-refractivity contribution in [1.82, 2.24) is 9.80 Å². The van der Waals surface area contributed by atoms with Crippen molar-refractivity contribution in [3.63, 3.8) is 0 Å². The molecule has 0 N–H and O–H groups in total. The standard InChI is InChI=1S/C20H26N2O/c1-21(2)16-15-20(19(23)22(3)4,17-11-7-5-8-12-17)18-13-9-6-10-14-18/h5-14H,15-16H2,1-4H3. The van der Waals surface area contributed by atoms with Gasteiger partial charge in [-0.25, -0.2) is 0 Å². The number of amides is 1. The summed E-state index contributed by atoms with van der Waals surface area (Å²) in [5.74, 6) is 0.122. The van der Waals surface area contributed by atoms with E-state index in [1.807, 2.05) is 64.6 Å². The monoisotopic (exact) mass is 310 g/mol. The van der Waals surface area contributed by atoms with Gasteiger partial charge in [0.15, 0.2) is 0 Å². The number of nitrogens with zero attached hydrogens (tertiary/aromatic N) is 2. The first kappa shape index (κ1) is 17.2. The topological polar surface area (TPSA) is 23.6 Å². The van der Waals surface area contributed by atoms with Crippen molar-refractivity contribution < 1.29 is 4.79 Å². The predicted octanol–water partition coefficient (Wildman–Crippen LogP) is 3.01. The summed E-state index contributed by atoms with van der Waals surface area (Å²) in [6.07, 6.45) is 0.741. The van der Waals surface area contributed by atoms with Crippen LogP contribution in [-0.2, 0) is 10.2 Å². The van der Waals surface area contributed by atoms with Crippen molar-refractivity contribution in [3.8, 4) is 0 Å². The number of hydrogen-bond acceptors (Lipinski definition) is 2. The van der Waals surface area contributed by atoms with Crippen LogP contribution in [0.5, 0.6) is 0 Å². The molecule has 0 aromatic heterocycles. The molecular formula is C20H26N2O. The Balaban J connectivity index is 2.65. The first-order valence-electron chi connectivity index (χ1n) is 7.96. The molecule has 2 aromatic carbocycles. The Morgan fingerprint density at radius 2 is 1.26 bits per heavy atom. The summed E-state index contributed by atoms with van der Waals surface area (Å²) in [6, 6.07) is 20.2. The highest BCUT2D eigenvalue weighted by atomic mass is 16.2. The Bertz CT molecular complexity index is 581. The van der Waals surface area contributed by atoms with Crippen molar-refractivity contribution in [2.24, 2.45) is 0 Å². The van der Waals surface area contributed by atoms with Gasteiger partial charge in [0.25, 0.3) is 0 Å². The molecule has 0 bridgehead atoms. The van der Waals surface area contributed by atoms with E-state index in [2.05, 4.69) is 29.2 Å². The van der Waals surface area contributed by atoms with Gasteiger partial charge in [0.2, 0.25) is 5.91 Å². The van der Waals surface area contributed by atoms with Gasteiger partial charge in [-0.15, -0.1) is 0 Å². The van der Waals surface area contributed by atoms with Crippen molar-refractivity contribution in [2.45, 2.75) is 11.8 Å². The fraction of sp³-hybridized carbons (Fsp3) is 0.350. The molecule has 3 heteroatoms. The number of rotatable bonds is 6. The highest BCUT2D eigenvalue weighted by Gasteiger charge is 2.42. The van der Waals surface area contributed by atoms with E-state index < -0.39 is 5.41 Å². The summed E-state index contributed by atoms with van der Waals surface area (Å²) < 4.78 is 0. The maximum absolute atomic E-state index is 13.3. The minimum absolute atomic E-state index is 0.122. The summed E-state index contributed by atoms with van der Waals surface area (Å²) in [7, 11) is 7.75. The molecule has 23 heavy (non-hydrogen) atoms. The number of carbonyl (C=O) groups is 1. The molecule has 0 heterocycles. The summed E-state index contributed by atoms with van der Waals surface area (Å²) in [5, 5.41) is 0. The van der Waals surface area contributed by atoms with Crippen molar-refractivity contribution in [3.05, 3.63) is 71.8 Å². The molecule has 0 saturated heterocycles. The molecule has 0 unspecified atom stereocenters. The summed E-state index contributed by atoms with van der Waals surface area (Å²) >= 11 is 0. The Morgan fingerprint density at radius 3 is 1.61 bits per heavy atom. The third-order valence-electron chi connectivity index (χ3n) is 4.24. The zero-order valence-corrected chi connectivity index (χ0v) is 14.5. The number of benzene rings is 2. The SMILES string of the molecule is CN(C)CCC(C(=O)N(C)C)(c1ccccc1)c1ccccc1. The number of hydrogen-bond donors (Lipinski definition) is 0. The molecule has 1 amide bonds. The Morgan fingerprint density at radius 1 is 0.826 bits per heavy atom. The van der Waals surface area contributed by atoms with Gasteiger partial charge < -0.3 is 9.80 Å². The van der Waals surface area contributed by atoms with E-state index in [0.717, 1.165) is 24.1 Å². The highest BCUT2D eigenvalue weighted by molar-refractivity contribution is 5.91. The summed E-state index contributed by atoms with van der Waals surface area (Å²) in [4.78, 5) is 17.1. The lowest BCUT2D eigenvalue weighted by atomic mass is 9.70. The molecule has 0 spiro atoms. The van der Waals surface area contributed by atoms with E-state index in [1.54, 1.807) is 4.90 Å². The fourth-order valence-electron chi connectivity index (χ4n) is 3.03. The number of likely N-dealkylation sites (N-methyl/N-ethyl adjacent to an activating group) is 1. The van der Waals surface area contributed by atoms with Gasteiger partial charge in [-0.1, -0.05) is 60.7 Å². The van der Waals surface area contributed by atoms with Crippen LogP contribution in [0, 0.1) is 0 Å². The lowest BCUT2D eigenvalue weighted by Crippen LogP contribution is -2.46. The quantitative estimate of drug-likeness (QED) is 0.819. The van der Waals surface area contributed by atoms with Gasteiger partial charge in [-0.3, -0.25) is 4.79 Å². The lowest BCUT2D eigenvalue weighted by Gasteiger charge is -2.36. The second kappa shape index (κ2) is 7.42. The first-order chi connectivity index (χ1) is 11.0. The van der Waals surface area contributed by atoms with E-state index in [1.165, 1.54) is 0 Å². The van der Waals surface area contributed by atoms with Gasteiger partial charge in [0, 0.05) is 14.1 Å². The lowest BCUT2D eigenvalue weighted by molar-refractivity contribution is -0.133. The second-order valence-electron chi connectivity index (χ2n) is 6.39. The predicted molar refractivity (Wildman–Crippen MR) is 95.5 cm³/mol. The summed E-state index contributed by atoms with van der Waals surface area (Å²) in [6.45, 7) is 0.837. The molecule has 0 radical (unpaired) electrons. The molecule has 0 saturated carbocycles. The Kier molecular flexibility index (Phi) is 5.56. The average Bonchev–Trinajstić information content (AvgIpc) is 2.57. The summed E-state index contributed by atoms with van der Waals surface area (Å²) in [5.41, 5.74) is 1.44. The van der Waals surface area contributed by atoms with E-state index in [4.69, 9.17) is 0 Å². The van der Waals surface area contributed by atoms with Gasteiger partial charge in [-0.2, -0.15) is 0 Å². The third-order valence-corrected chi connectivity index (χ3v) is 4.24. The minimum Gasteiger partial charge on any atom is -0.348 e. The van der Waals surface area contributed by atoms with Crippen LogP contribution < -0.4 is 0 Å². The van der Waals surface area contributed by atoms with E-state index >= 15 is 0 Å². The van der Waals surface area contributed by atoms with Gasteiger partial charge in [0.1, 0.15) is 5.41 Å². The van der Waals surface area contributed by atoms with E-state index in [9.17, 15) is 4.79 Å². The van der Waals surface area contributed by atoms with E-state index in [0.29, 0.717) is 0 Å². The fourth-order valence-corrected chi connectivity index (χ4v) is 3.03. The van der Waals surface area contributed by atoms with Crippen molar-refractivity contribution in [1.29, 1.82) is 0 Å². The zero-order chi connectivity index (χ0) is 16.9. The molecule has 3 nitrogen and oxygen atoms in total. The van der Waals surface area contributed by atoms with Gasteiger partial charge in [0.05, 0.1) is 0 Å². The van der Waals surface area contributed by atoms with Crippen molar-refractivity contribution >= 4 is 5.91 Å². The maximum atomic E-state index is 13.3. The van der Waals surface area contributed by atoms with Crippen molar-refractivity contribution in [2.75, 3.05) is 34.7 Å². The molecule has 122 valence electrons. The highest BCUT2D eigenvalue weighted by Crippen LogP contribution is 2.37. The molecule has 0 atom stereocenters. The Hall–Kier alpha value is -2.13. The first-order valence-corrected chi connectivity index (χ1v) is 7.96. The molecule has 0 aliphatic heterocycles. The average molecular weight is 310 g/mol. The molecule has 2 rings (SSSR count). The normalized spacial score (nSPS) is 11.5. The molecule has 0 aliphatic rings. The molecular weight excluding hydrogens is 284 g/mol. The second-order valence-corrected chi connectivity index (χ2v) is 6.39. The molecule has 0 fully saturated rings. The van der Waals surface area contributed by atoms with Crippen LogP contribution >= 0.6 is 0 Å². The minimum atomic E-state index is -0.656. The van der Waals surface area contributed by atoms with Gasteiger partial charge >= 0.3 is 0 Å². The van der Waals surface area contributed by atoms with Crippen LogP contribution in [-0.4, -0.2) is 50.4 Å². The van der Waals surface area contributed by atoms with Crippen LogP contribution in [0.15, 0.2) is 60.7 Å². The van der Waals surface area contributed by atoms with Crippen LogP contribution in [0.1, 0.15) is 17.5 Å². The smallest absolute Gasteiger partial charge is 0.237 e. The third kappa shape index (κ3) is 3.62. The van der Waals surface area contributed by atoms with Crippen LogP contribution in [0.4, 0.5) is 0 Å². The van der Waals surface area contributed by atoms with E-state index in [-0.39, 0.29) is 5.91 Å². The maximum Gasteiger partial charge on any atom is 0.237 e. The number of carbonyl (C=O) groups excluding carboxylic acids is 1. The largest absolute Gasteiger partial charge is 0.348 e. The molecule has 0 aliphatic carbocycles. The zero-order valence-electron chi connectivity index (χ0n) is 14.5. The van der Waals surface area contributed by atoms with Crippen LogP contribution in [0.2, 0.25) is 0 Å².